The maximum Gasteiger partial charge on any atom is 0.415 e. The van der Waals surface area contributed by atoms with E-state index in [2.05, 4.69) is 0 Å². The molecule has 0 atom stereocenters. The predicted molar refractivity (Wildman–Crippen MR) is 62.2 cm³/mol. The summed E-state index contributed by atoms with van der Waals surface area (Å²) in [5.41, 5.74) is -1.48. The number of benzene rings is 1. The minimum atomic E-state index is -1.01. The Morgan fingerprint density at radius 2 is 1.94 bits per heavy atom. The van der Waals surface area contributed by atoms with Crippen LogP contribution in [0.2, 0.25) is 0 Å². The van der Waals surface area contributed by atoms with E-state index in [1.165, 1.54) is 20.3 Å². The largest absolute Gasteiger partial charge is 0.496 e. The van der Waals surface area contributed by atoms with Crippen LogP contribution in [0.4, 0.5) is 5.69 Å². The summed E-state index contributed by atoms with van der Waals surface area (Å²) in [5.74, 6) is 0.757. The zero-order valence-electron chi connectivity index (χ0n) is 9.63. The van der Waals surface area contributed by atoms with Gasteiger partial charge in [0.1, 0.15) is 17.1 Å². The van der Waals surface area contributed by atoms with Crippen LogP contribution in [-0.2, 0) is 0 Å². The third-order valence-electron chi connectivity index (χ3n) is 2.42. The average molecular weight is 251 g/mol. The van der Waals surface area contributed by atoms with E-state index < -0.39 is 16.2 Å². The molecular weight excluding hydrogens is 242 g/mol. The molecule has 0 aliphatic rings. The van der Waals surface area contributed by atoms with Crippen molar-refractivity contribution < 1.29 is 18.8 Å². The third-order valence-corrected chi connectivity index (χ3v) is 2.42. The third kappa shape index (κ3) is 1.86. The lowest BCUT2D eigenvalue weighted by molar-refractivity contribution is -0.387. The van der Waals surface area contributed by atoms with Gasteiger partial charge in [-0.15, -0.1) is 0 Å². The molecule has 2 aromatic rings. The maximum absolute atomic E-state index is 11.4. The summed E-state index contributed by atoms with van der Waals surface area (Å²) in [7, 11) is 2.86. The van der Waals surface area contributed by atoms with E-state index in [4.69, 9.17) is 13.9 Å². The van der Waals surface area contributed by atoms with Gasteiger partial charge in [0, 0.05) is 18.2 Å². The van der Waals surface area contributed by atoms with E-state index in [-0.39, 0.29) is 5.58 Å². The Hall–Kier alpha value is -2.57. The van der Waals surface area contributed by atoms with Crippen LogP contribution >= 0.6 is 0 Å². The van der Waals surface area contributed by atoms with Crippen molar-refractivity contribution >= 4 is 16.7 Å². The topological polar surface area (TPSA) is 91.8 Å². The van der Waals surface area contributed by atoms with Gasteiger partial charge < -0.3 is 13.9 Å². The molecule has 0 saturated carbocycles. The van der Waals surface area contributed by atoms with Crippen molar-refractivity contribution in [2.45, 2.75) is 0 Å². The Balaban J connectivity index is 2.84. The summed E-state index contributed by atoms with van der Waals surface area (Å²) < 4.78 is 15.0. The fraction of sp³-hybridized carbons (Fsp3) is 0.182. The second kappa shape index (κ2) is 4.36. The van der Waals surface area contributed by atoms with Crippen molar-refractivity contribution in [1.82, 2.24) is 0 Å². The molecule has 0 unspecified atom stereocenters. The van der Waals surface area contributed by atoms with Crippen molar-refractivity contribution in [3.8, 4) is 11.5 Å². The summed E-state index contributed by atoms with van der Waals surface area (Å²) in [6.07, 6.45) is 0. The smallest absolute Gasteiger partial charge is 0.415 e. The normalized spacial score (nSPS) is 10.3. The quantitative estimate of drug-likeness (QED) is 0.468. The standard InChI is InChI=1S/C11H9NO6/c1-16-6-3-9(17-2)7-5-8(12(14)15)11(13)18-10(7)4-6/h3-5H,1-2H3. The minimum absolute atomic E-state index is 0.168. The van der Waals surface area contributed by atoms with E-state index >= 15 is 0 Å². The van der Waals surface area contributed by atoms with Gasteiger partial charge in [-0.2, -0.15) is 0 Å². The highest BCUT2D eigenvalue weighted by Crippen LogP contribution is 2.31. The van der Waals surface area contributed by atoms with Gasteiger partial charge in [0.25, 0.3) is 0 Å². The van der Waals surface area contributed by atoms with E-state index in [0.717, 1.165) is 6.07 Å². The van der Waals surface area contributed by atoms with Crippen molar-refractivity contribution in [2.75, 3.05) is 14.2 Å². The second-order valence-corrected chi connectivity index (χ2v) is 3.42. The zero-order chi connectivity index (χ0) is 13.3. The van der Waals surface area contributed by atoms with Crippen molar-refractivity contribution in [3.63, 3.8) is 0 Å². The molecule has 94 valence electrons. The SMILES string of the molecule is COc1cc(OC)c2cc([N+](=O)[O-])c(=O)oc2c1. The Bertz CT molecular complexity index is 675. The average Bonchev–Trinajstić information content (AvgIpc) is 2.35. The van der Waals surface area contributed by atoms with Crippen LogP contribution in [0.3, 0.4) is 0 Å². The number of ether oxygens (including phenoxy) is 2. The highest BCUT2D eigenvalue weighted by Gasteiger charge is 2.18. The number of hydrogen-bond acceptors (Lipinski definition) is 6. The summed E-state index contributed by atoms with van der Waals surface area (Å²) in [6.45, 7) is 0. The van der Waals surface area contributed by atoms with Crippen molar-refractivity contribution in [2.24, 2.45) is 0 Å². The van der Waals surface area contributed by atoms with Gasteiger partial charge in [-0.05, 0) is 0 Å². The second-order valence-electron chi connectivity index (χ2n) is 3.42. The van der Waals surface area contributed by atoms with Crippen LogP contribution < -0.4 is 15.1 Å². The molecular formula is C11H9NO6. The molecule has 0 spiro atoms. The number of fused-ring (bicyclic) bond motifs is 1. The molecule has 1 aromatic heterocycles. The molecule has 7 nitrogen and oxygen atoms in total. The lowest BCUT2D eigenvalue weighted by Gasteiger charge is -2.07. The zero-order valence-corrected chi connectivity index (χ0v) is 9.63. The number of methoxy groups -OCH3 is 2. The summed E-state index contributed by atoms with van der Waals surface area (Å²) in [6, 6.07) is 4.13. The Labute approximate surface area is 101 Å². The molecule has 0 N–H and O–H groups in total. The molecule has 0 radical (unpaired) electrons. The van der Waals surface area contributed by atoms with Crippen LogP contribution in [0.5, 0.6) is 11.5 Å². The van der Waals surface area contributed by atoms with Crippen LogP contribution in [0, 0.1) is 10.1 Å². The van der Waals surface area contributed by atoms with Crippen LogP contribution in [0.1, 0.15) is 0 Å². The van der Waals surface area contributed by atoms with E-state index in [1.54, 1.807) is 6.07 Å². The molecule has 2 rings (SSSR count). The van der Waals surface area contributed by atoms with E-state index in [9.17, 15) is 14.9 Å². The predicted octanol–water partition coefficient (Wildman–Crippen LogP) is 1.72. The summed E-state index contributed by atoms with van der Waals surface area (Å²) in [5, 5.41) is 11.0. The van der Waals surface area contributed by atoms with E-state index in [0.29, 0.717) is 16.9 Å². The highest BCUT2D eigenvalue weighted by atomic mass is 16.6. The highest BCUT2D eigenvalue weighted by molar-refractivity contribution is 5.86. The lowest BCUT2D eigenvalue weighted by Crippen LogP contribution is -2.06. The van der Waals surface area contributed by atoms with E-state index in [1.807, 2.05) is 0 Å². The molecule has 0 aliphatic carbocycles. The number of rotatable bonds is 3. The lowest BCUT2D eigenvalue weighted by atomic mass is 10.2. The number of hydrogen-bond donors (Lipinski definition) is 0. The first-order valence-corrected chi connectivity index (χ1v) is 4.91. The Morgan fingerprint density at radius 1 is 1.22 bits per heavy atom. The molecule has 18 heavy (non-hydrogen) atoms. The summed E-state index contributed by atoms with van der Waals surface area (Å²) in [4.78, 5) is 21.3. The van der Waals surface area contributed by atoms with Gasteiger partial charge >= 0.3 is 11.3 Å². The van der Waals surface area contributed by atoms with Gasteiger partial charge in [-0.25, -0.2) is 4.79 Å². The van der Waals surface area contributed by atoms with Crippen molar-refractivity contribution in [1.29, 1.82) is 0 Å². The molecule has 0 amide bonds. The molecule has 0 bridgehead atoms. The monoisotopic (exact) mass is 251 g/mol. The first kappa shape index (κ1) is 11.9. The van der Waals surface area contributed by atoms with Crippen LogP contribution in [0.15, 0.2) is 27.4 Å². The first-order chi connectivity index (χ1) is 8.56. The fourth-order valence-electron chi connectivity index (χ4n) is 1.57. The van der Waals surface area contributed by atoms with Gasteiger partial charge in [-0.3, -0.25) is 10.1 Å². The summed E-state index contributed by atoms with van der Waals surface area (Å²) >= 11 is 0. The minimum Gasteiger partial charge on any atom is -0.496 e. The Morgan fingerprint density at radius 3 is 2.50 bits per heavy atom. The van der Waals surface area contributed by atoms with Gasteiger partial charge in [0.2, 0.25) is 0 Å². The molecule has 0 fully saturated rings. The molecule has 1 heterocycles. The number of nitro groups is 1. The van der Waals surface area contributed by atoms with Crippen LogP contribution in [-0.4, -0.2) is 19.1 Å². The van der Waals surface area contributed by atoms with Gasteiger partial charge in [0.15, 0.2) is 0 Å². The fourth-order valence-corrected chi connectivity index (χ4v) is 1.57. The first-order valence-electron chi connectivity index (χ1n) is 4.91. The van der Waals surface area contributed by atoms with Gasteiger partial charge in [0.05, 0.1) is 24.5 Å². The van der Waals surface area contributed by atoms with Gasteiger partial charge in [-0.1, -0.05) is 0 Å². The molecule has 0 saturated heterocycles. The van der Waals surface area contributed by atoms with Crippen molar-refractivity contribution in [3.05, 3.63) is 38.7 Å². The maximum atomic E-state index is 11.4. The molecule has 7 heteroatoms. The molecule has 0 aliphatic heterocycles. The van der Waals surface area contributed by atoms with Crippen LogP contribution in [0.25, 0.3) is 11.0 Å². The Kier molecular flexibility index (Phi) is 2.88. The molecule has 1 aromatic carbocycles. The number of nitrogens with zero attached hydrogens (tertiary/aromatic N) is 1.